The molecule has 0 unspecified atom stereocenters. The van der Waals surface area contributed by atoms with E-state index in [9.17, 15) is 0 Å². The Balaban J connectivity index is 1.79. The molecule has 0 bridgehead atoms. The first-order valence-electron chi connectivity index (χ1n) is 8.56. The minimum Gasteiger partial charge on any atom is -0.0561 e. The van der Waals surface area contributed by atoms with Gasteiger partial charge in [-0.15, -0.1) is 0 Å². The van der Waals surface area contributed by atoms with E-state index >= 15 is 0 Å². The Kier molecular flexibility index (Phi) is 7.18. The predicted molar refractivity (Wildman–Crippen MR) is 97.4 cm³/mol. The normalized spacial score (nSPS) is 12.4. The molecular weight excluding hydrogens is 518 g/mol. The maximum absolute atomic E-state index is 2.37. The van der Waals surface area contributed by atoms with Crippen LogP contribution in [0.2, 0.25) is 0 Å². The molecule has 0 N–H and O–H groups in total. The first-order chi connectivity index (χ1) is 11.2. The number of hydrogen-bond acceptors (Lipinski definition) is 0. The van der Waals surface area contributed by atoms with E-state index in [-0.39, 0.29) is 53.2 Å². The molecule has 0 fully saturated rings. The molecule has 0 saturated carbocycles. The summed E-state index contributed by atoms with van der Waals surface area (Å²) in [5.41, 5.74) is 3.42. The minimum absolute atomic E-state index is 0.181. The van der Waals surface area contributed by atoms with Crippen LogP contribution in [0.15, 0.2) is 48.5 Å². The molecule has 0 aliphatic heterocycles. The van der Waals surface area contributed by atoms with Crippen molar-refractivity contribution < 1.29 is 42.4 Å². The highest BCUT2D eigenvalue weighted by Crippen LogP contribution is 2.21. The summed E-state index contributed by atoms with van der Waals surface area (Å²) in [5.74, 6) is 0. The van der Waals surface area contributed by atoms with Crippen LogP contribution in [0.25, 0.3) is 0 Å². The van der Waals surface area contributed by atoms with E-state index in [1.165, 1.54) is 20.0 Å². The summed E-state index contributed by atoms with van der Waals surface area (Å²) in [7, 11) is 0. The molecule has 0 atom stereocenters. The van der Waals surface area contributed by atoms with Gasteiger partial charge in [0.15, 0.2) is 16.0 Å². The van der Waals surface area contributed by atoms with Gasteiger partial charge in [0.1, 0.15) is 0 Å². The third-order valence-corrected chi connectivity index (χ3v) is 11.4. The monoisotopic (exact) mass is 548 g/mol. The molecule has 0 amide bonds. The average molecular weight is 548 g/mol. The van der Waals surface area contributed by atoms with Gasteiger partial charge in [0.05, 0.1) is 0 Å². The van der Waals surface area contributed by atoms with Crippen molar-refractivity contribution in [1.82, 2.24) is 0 Å². The van der Waals surface area contributed by atoms with E-state index in [0.717, 1.165) is 0 Å². The zero-order chi connectivity index (χ0) is 17.8. The lowest BCUT2D eigenvalue weighted by Gasteiger charge is -2.18. The summed E-state index contributed by atoms with van der Waals surface area (Å²) in [6.07, 6.45) is 0. The van der Waals surface area contributed by atoms with Crippen molar-refractivity contribution in [3.63, 3.8) is 0 Å². The van der Waals surface area contributed by atoms with Gasteiger partial charge < -0.3 is 0 Å². The third-order valence-electron chi connectivity index (χ3n) is 3.99. The Labute approximate surface area is 169 Å². The zero-order valence-electron chi connectivity index (χ0n) is 15.8. The van der Waals surface area contributed by atoms with Crippen molar-refractivity contribution in [2.45, 2.75) is 52.4 Å². The molecule has 2 aromatic rings. The fraction of sp³-hybridized carbons (Fsp3) is 0.455. The summed E-state index contributed by atoms with van der Waals surface area (Å²) < 4.78 is 6.02. The van der Waals surface area contributed by atoms with E-state index in [2.05, 4.69) is 90.1 Å². The van der Waals surface area contributed by atoms with Crippen LogP contribution in [-0.2, 0) is 10.8 Å². The Bertz CT molecular complexity index is 566. The van der Waals surface area contributed by atoms with E-state index < -0.39 is 0 Å². The van der Waals surface area contributed by atoms with Crippen LogP contribution in [0.1, 0.15) is 52.7 Å². The van der Waals surface area contributed by atoms with Gasteiger partial charge in [-0.3, -0.25) is 0 Å². The topological polar surface area (TPSA) is 0 Å². The van der Waals surface area contributed by atoms with Gasteiger partial charge in [-0.1, -0.05) is 65.8 Å². The Morgan fingerprint density at radius 3 is 1.08 bits per heavy atom. The van der Waals surface area contributed by atoms with Crippen LogP contribution >= 0.6 is 0 Å². The largest absolute Gasteiger partial charge is 0.317 e. The van der Waals surface area contributed by atoms with Crippen molar-refractivity contribution in [3.8, 4) is 0 Å². The second kappa shape index (κ2) is 8.52. The maximum Gasteiger partial charge on any atom is 0.317 e. The standard InChI is InChI=1S/C22H30I2/c1-21(2,3)17-7-11-19(12-8-17)23-15-16-24-20-13-9-18(10-14-20)22(4,5)6/h7-14H,15-16H2,1-6H3/q+2. The molecule has 2 heteroatoms. The van der Waals surface area contributed by atoms with Gasteiger partial charge in [0, 0.05) is 0 Å². The fourth-order valence-electron chi connectivity index (χ4n) is 2.37. The second-order valence-corrected chi connectivity index (χ2v) is 14.3. The highest BCUT2D eigenvalue weighted by molar-refractivity contribution is 5.22. The molecule has 24 heavy (non-hydrogen) atoms. The van der Waals surface area contributed by atoms with Gasteiger partial charge in [-0.05, 0) is 46.2 Å². The molecule has 2 rings (SSSR count). The third kappa shape index (κ3) is 6.32. The van der Waals surface area contributed by atoms with Crippen LogP contribution in [0.4, 0.5) is 0 Å². The zero-order valence-corrected chi connectivity index (χ0v) is 20.1. The smallest absolute Gasteiger partial charge is 0.0561 e. The fourth-order valence-corrected chi connectivity index (χ4v) is 8.49. The number of benzene rings is 2. The Morgan fingerprint density at radius 2 is 0.833 bits per heavy atom. The lowest BCUT2D eigenvalue weighted by atomic mass is 9.87. The molecular formula is C22H30I2+2. The summed E-state index contributed by atoms with van der Waals surface area (Å²) in [5, 5.41) is 0. The van der Waals surface area contributed by atoms with Crippen LogP contribution in [0, 0.1) is 7.14 Å². The van der Waals surface area contributed by atoms with Gasteiger partial charge >= 0.3 is 42.4 Å². The highest BCUT2D eigenvalue weighted by Gasteiger charge is 2.21. The molecule has 130 valence electrons. The van der Waals surface area contributed by atoms with Crippen molar-refractivity contribution in [2.24, 2.45) is 0 Å². The summed E-state index contributed by atoms with van der Waals surface area (Å²) >= 11 is 0.362. The van der Waals surface area contributed by atoms with Crippen LogP contribution < -0.4 is 42.4 Å². The molecule has 0 heterocycles. The van der Waals surface area contributed by atoms with Crippen molar-refractivity contribution in [3.05, 3.63) is 66.8 Å². The number of rotatable bonds is 5. The van der Waals surface area contributed by atoms with Crippen LogP contribution in [0.3, 0.4) is 0 Å². The van der Waals surface area contributed by atoms with E-state index in [0.29, 0.717) is 0 Å². The molecule has 0 spiro atoms. The van der Waals surface area contributed by atoms with Crippen LogP contribution in [-0.4, -0.2) is 8.86 Å². The van der Waals surface area contributed by atoms with Crippen LogP contribution in [0.5, 0.6) is 0 Å². The first-order valence-corrected chi connectivity index (χ1v) is 13.8. The first kappa shape index (κ1) is 20.2. The summed E-state index contributed by atoms with van der Waals surface area (Å²) in [6, 6.07) is 18.8. The minimum atomic E-state index is 0.181. The summed E-state index contributed by atoms with van der Waals surface area (Å²) in [6.45, 7) is 13.7. The lowest BCUT2D eigenvalue weighted by molar-refractivity contribution is -0.697. The van der Waals surface area contributed by atoms with E-state index in [1.807, 2.05) is 0 Å². The van der Waals surface area contributed by atoms with Gasteiger partial charge in [0.2, 0.25) is 0 Å². The molecule has 0 radical (unpaired) electrons. The maximum atomic E-state index is 2.37. The Hall–Kier alpha value is -0.100. The molecule has 0 saturated heterocycles. The molecule has 0 aliphatic carbocycles. The van der Waals surface area contributed by atoms with E-state index in [4.69, 9.17) is 0 Å². The van der Waals surface area contributed by atoms with Gasteiger partial charge in [-0.25, -0.2) is 0 Å². The summed E-state index contributed by atoms with van der Waals surface area (Å²) in [4.78, 5) is 0. The SMILES string of the molecule is CC(C)(C)c1ccc([I+]CC[I+]c2ccc(C(C)(C)C)cc2)cc1. The number of alkyl halides is 2. The predicted octanol–water partition coefficient (Wildman–Crippen LogP) is -0.501. The molecule has 2 aromatic carbocycles. The molecule has 0 aromatic heterocycles. The van der Waals surface area contributed by atoms with Gasteiger partial charge in [-0.2, -0.15) is 0 Å². The highest BCUT2D eigenvalue weighted by atomic mass is 127. The van der Waals surface area contributed by atoms with E-state index in [1.54, 1.807) is 7.14 Å². The number of hydrogen-bond donors (Lipinski definition) is 0. The quantitative estimate of drug-likeness (QED) is 0.269. The molecule has 0 nitrogen and oxygen atoms in total. The second-order valence-electron chi connectivity index (χ2n) is 8.16. The lowest BCUT2D eigenvalue weighted by Crippen LogP contribution is -3.70. The number of halogens is 2. The van der Waals surface area contributed by atoms with Crippen molar-refractivity contribution in [1.29, 1.82) is 0 Å². The van der Waals surface area contributed by atoms with Gasteiger partial charge in [0.25, 0.3) is 0 Å². The average Bonchev–Trinajstić information content (AvgIpc) is 2.51. The van der Waals surface area contributed by atoms with Crippen molar-refractivity contribution >= 4 is 0 Å². The molecule has 0 aliphatic rings. The van der Waals surface area contributed by atoms with Crippen molar-refractivity contribution in [2.75, 3.05) is 8.86 Å². The Morgan fingerprint density at radius 1 is 0.542 bits per heavy atom.